The minimum absolute atomic E-state index is 0.192. The number of carbonyl (C=O) groups is 2. The summed E-state index contributed by atoms with van der Waals surface area (Å²) < 4.78 is 14.3. The van der Waals surface area contributed by atoms with E-state index in [1.54, 1.807) is 37.1 Å². The molecule has 33 heavy (non-hydrogen) atoms. The van der Waals surface area contributed by atoms with E-state index in [9.17, 15) is 18.8 Å². The van der Waals surface area contributed by atoms with Crippen molar-refractivity contribution in [3.8, 4) is 0 Å². The van der Waals surface area contributed by atoms with E-state index in [4.69, 9.17) is 5.73 Å². The maximum absolute atomic E-state index is 14.3. The first-order valence-corrected chi connectivity index (χ1v) is 11.0. The van der Waals surface area contributed by atoms with Gasteiger partial charge >= 0.3 is 0 Å². The van der Waals surface area contributed by atoms with Gasteiger partial charge < -0.3 is 21.7 Å². The normalized spacial score (nSPS) is 22.5. The minimum atomic E-state index is -0.803. The van der Waals surface area contributed by atoms with Crippen LogP contribution in [0.25, 0.3) is 0 Å². The Balaban J connectivity index is 1.39. The lowest BCUT2D eigenvalue weighted by molar-refractivity contribution is -0.130. The van der Waals surface area contributed by atoms with Crippen molar-refractivity contribution in [2.24, 2.45) is 0 Å². The number of hydrogen-bond donors (Lipinski definition) is 4. The highest BCUT2D eigenvalue weighted by molar-refractivity contribution is 5.90. The van der Waals surface area contributed by atoms with Crippen LogP contribution >= 0.6 is 0 Å². The Hall–Kier alpha value is -3.71. The van der Waals surface area contributed by atoms with Gasteiger partial charge in [0.15, 0.2) is 0 Å². The number of rotatable bonds is 5. The monoisotopic (exact) mass is 451 g/mol. The van der Waals surface area contributed by atoms with Crippen molar-refractivity contribution in [2.45, 2.75) is 56.7 Å². The number of carbonyl (C=O) groups excluding carboxylic acids is 3. The maximum Gasteiger partial charge on any atom is 0.243 e. The molecule has 8 nitrogen and oxygen atoms in total. The molecule has 2 aliphatic rings. The molecular formula is C24H26FN5O3. The average Bonchev–Trinajstić information content (AvgIpc) is 3.20. The molecule has 1 aromatic carbocycles. The average molecular weight is 452 g/mol. The fourth-order valence-electron chi connectivity index (χ4n) is 4.54. The zero-order chi connectivity index (χ0) is 23.5. The van der Waals surface area contributed by atoms with Crippen molar-refractivity contribution >= 4 is 23.6 Å². The number of nitrogens with two attached hydrogens (primary N) is 1. The van der Waals surface area contributed by atoms with E-state index in [1.807, 2.05) is 6.07 Å². The van der Waals surface area contributed by atoms with Gasteiger partial charge in [-0.05, 0) is 55.4 Å². The van der Waals surface area contributed by atoms with Gasteiger partial charge in [-0.3, -0.25) is 9.59 Å². The number of aromatic nitrogens is 1. The fourth-order valence-corrected chi connectivity index (χ4v) is 4.54. The molecule has 2 aromatic rings. The molecule has 0 radical (unpaired) electrons. The number of allylic oxidation sites excluding steroid dienone is 1. The van der Waals surface area contributed by atoms with Crippen molar-refractivity contribution in [1.82, 2.24) is 20.9 Å². The number of benzene rings is 1. The molecule has 4 atom stereocenters. The second kappa shape index (κ2) is 9.42. The van der Waals surface area contributed by atoms with Crippen molar-refractivity contribution in [3.63, 3.8) is 0 Å². The first-order valence-electron chi connectivity index (χ1n) is 11.0. The third-order valence-corrected chi connectivity index (χ3v) is 6.25. The quantitative estimate of drug-likeness (QED) is 0.512. The molecule has 2 heterocycles. The predicted octanol–water partition coefficient (Wildman–Crippen LogP) is 1.66. The topological polar surface area (TPSA) is 126 Å². The summed E-state index contributed by atoms with van der Waals surface area (Å²) in [6.07, 6.45) is 1.98. The van der Waals surface area contributed by atoms with E-state index in [0.717, 1.165) is 17.7 Å². The van der Waals surface area contributed by atoms with Crippen LogP contribution < -0.4 is 21.7 Å². The summed E-state index contributed by atoms with van der Waals surface area (Å²) >= 11 is 0. The molecule has 9 heteroatoms. The highest BCUT2D eigenvalue weighted by atomic mass is 19.1. The number of nitrogens with one attached hydrogen (secondary N) is 3. The van der Waals surface area contributed by atoms with Crippen LogP contribution in [0.2, 0.25) is 0 Å². The lowest BCUT2D eigenvalue weighted by Crippen LogP contribution is -2.53. The molecule has 1 aliphatic heterocycles. The van der Waals surface area contributed by atoms with Crippen LogP contribution in [-0.4, -0.2) is 34.8 Å². The van der Waals surface area contributed by atoms with E-state index in [-0.39, 0.29) is 42.2 Å². The second-order valence-electron chi connectivity index (χ2n) is 8.54. The highest BCUT2D eigenvalue weighted by Crippen LogP contribution is 2.33. The van der Waals surface area contributed by atoms with Crippen LogP contribution in [-0.2, 0) is 20.8 Å². The molecule has 1 aromatic heterocycles. The number of aryl methyl sites for hydroxylation is 1. The number of halogens is 1. The van der Waals surface area contributed by atoms with Gasteiger partial charge in [-0.15, -0.1) is 0 Å². The summed E-state index contributed by atoms with van der Waals surface area (Å²) in [5.41, 5.74) is 8.19. The molecule has 1 fully saturated rings. The fraction of sp³-hybridized carbons (Fsp3) is 0.375. The number of piperidine rings is 1. The lowest BCUT2D eigenvalue weighted by atomic mass is 9.84. The van der Waals surface area contributed by atoms with Crippen LogP contribution in [0.3, 0.4) is 0 Å². The SMILES string of the molecule is C[C@H](NC(=O)[C@H]1C[C@@H](c2ccccc2F)CC(=C=O)N1)C(=O)N[C@@H]1CCc2nc(N)ccc21. The number of amides is 2. The van der Waals surface area contributed by atoms with Crippen LogP contribution in [0.15, 0.2) is 42.1 Å². The summed E-state index contributed by atoms with van der Waals surface area (Å²) in [7, 11) is 0. The van der Waals surface area contributed by atoms with Crippen LogP contribution in [0.4, 0.5) is 10.2 Å². The number of anilines is 1. The Labute approximate surface area is 190 Å². The van der Waals surface area contributed by atoms with Gasteiger partial charge in [0, 0.05) is 12.1 Å². The van der Waals surface area contributed by atoms with Gasteiger partial charge in [0.25, 0.3) is 0 Å². The van der Waals surface area contributed by atoms with E-state index >= 15 is 0 Å². The molecule has 172 valence electrons. The molecule has 1 saturated heterocycles. The summed E-state index contributed by atoms with van der Waals surface area (Å²) in [5.74, 6) is 0.754. The number of nitrogen functional groups attached to an aromatic ring is 1. The molecule has 0 saturated carbocycles. The van der Waals surface area contributed by atoms with Gasteiger partial charge in [0.2, 0.25) is 11.8 Å². The molecule has 5 N–H and O–H groups in total. The summed E-state index contributed by atoms with van der Waals surface area (Å²) in [6, 6.07) is 8.11. The molecule has 0 spiro atoms. The van der Waals surface area contributed by atoms with Crippen molar-refractivity contribution in [2.75, 3.05) is 5.73 Å². The smallest absolute Gasteiger partial charge is 0.243 e. The third kappa shape index (κ3) is 4.88. The van der Waals surface area contributed by atoms with Crippen molar-refractivity contribution in [3.05, 3.63) is 64.7 Å². The molecule has 0 unspecified atom stereocenters. The highest BCUT2D eigenvalue weighted by Gasteiger charge is 2.34. The standard InChI is InChI=1S/C24H26FN5O3/c1-13(23(32)30-20-8-7-19-17(20)6-9-22(26)29-19)27-24(33)21-11-14(10-15(12-31)28-21)16-4-2-3-5-18(16)25/h2-6,9,13-14,20-21,28H,7-8,10-11H2,1H3,(H2,26,29)(H,27,33)(H,30,32)/t13-,14-,20+,21+/m0/s1. The van der Waals surface area contributed by atoms with E-state index < -0.39 is 18.0 Å². The Kier molecular flexibility index (Phi) is 6.42. The lowest BCUT2D eigenvalue weighted by Gasteiger charge is -2.31. The summed E-state index contributed by atoms with van der Waals surface area (Å²) in [6.45, 7) is 1.60. The van der Waals surface area contributed by atoms with E-state index in [0.29, 0.717) is 17.8 Å². The van der Waals surface area contributed by atoms with Crippen molar-refractivity contribution < 1.29 is 18.8 Å². The largest absolute Gasteiger partial charge is 0.384 e. The Morgan fingerprint density at radius 2 is 2.03 bits per heavy atom. The zero-order valence-corrected chi connectivity index (χ0v) is 18.2. The molecule has 0 bridgehead atoms. The third-order valence-electron chi connectivity index (χ3n) is 6.25. The van der Waals surface area contributed by atoms with Crippen LogP contribution in [0, 0.1) is 5.82 Å². The Morgan fingerprint density at radius 1 is 1.24 bits per heavy atom. The number of pyridine rings is 1. The van der Waals surface area contributed by atoms with Gasteiger partial charge in [-0.25, -0.2) is 14.2 Å². The summed E-state index contributed by atoms with van der Waals surface area (Å²) in [4.78, 5) is 41.2. The number of nitrogens with zero attached hydrogens (tertiary/aromatic N) is 1. The Bertz CT molecular complexity index is 1130. The van der Waals surface area contributed by atoms with Gasteiger partial charge in [-0.2, -0.15) is 0 Å². The van der Waals surface area contributed by atoms with Gasteiger partial charge in [0.05, 0.1) is 11.7 Å². The molecular weight excluding hydrogens is 425 g/mol. The number of fused-ring (bicyclic) bond motifs is 1. The van der Waals surface area contributed by atoms with Crippen LogP contribution in [0.1, 0.15) is 55.0 Å². The first kappa shape index (κ1) is 22.5. The zero-order valence-electron chi connectivity index (χ0n) is 18.2. The van der Waals surface area contributed by atoms with E-state index in [1.165, 1.54) is 6.07 Å². The maximum atomic E-state index is 14.3. The van der Waals surface area contributed by atoms with Gasteiger partial charge in [-0.1, -0.05) is 24.3 Å². The second-order valence-corrected chi connectivity index (χ2v) is 8.54. The first-order chi connectivity index (χ1) is 15.9. The van der Waals surface area contributed by atoms with E-state index in [2.05, 4.69) is 20.9 Å². The predicted molar refractivity (Wildman–Crippen MR) is 120 cm³/mol. The van der Waals surface area contributed by atoms with Crippen molar-refractivity contribution in [1.29, 1.82) is 0 Å². The van der Waals surface area contributed by atoms with Gasteiger partial charge in [0.1, 0.15) is 29.7 Å². The molecule has 2 amide bonds. The minimum Gasteiger partial charge on any atom is -0.384 e. The number of hydrogen-bond acceptors (Lipinski definition) is 6. The van der Waals surface area contributed by atoms with Crippen LogP contribution in [0.5, 0.6) is 0 Å². The molecule has 4 rings (SSSR count). The molecule has 1 aliphatic carbocycles. The Morgan fingerprint density at radius 3 is 2.79 bits per heavy atom. The summed E-state index contributed by atoms with van der Waals surface area (Å²) in [5, 5.41) is 8.52.